The lowest BCUT2D eigenvalue weighted by atomic mass is 10.0. The van der Waals surface area contributed by atoms with Gasteiger partial charge in [0.05, 0.1) is 26.5 Å². The minimum atomic E-state index is -1.50. The molecular formula is C30H38F2N4O6. The van der Waals surface area contributed by atoms with E-state index in [2.05, 4.69) is 5.10 Å². The second-order valence-electron chi connectivity index (χ2n) is 10.5. The topological polar surface area (TPSA) is 98.5 Å². The van der Waals surface area contributed by atoms with E-state index < -0.39 is 17.2 Å². The first-order chi connectivity index (χ1) is 20.2. The number of carbonyl (C=O) groups is 1. The van der Waals surface area contributed by atoms with Gasteiger partial charge in [0.25, 0.3) is 0 Å². The molecule has 42 heavy (non-hydrogen) atoms. The Morgan fingerprint density at radius 2 is 1.88 bits per heavy atom. The largest absolute Gasteiger partial charge is 0.493 e. The molecule has 1 fully saturated rings. The fourth-order valence-corrected chi connectivity index (χ4v) is 4.87. The van der Waals surface area contributed by atoms with Gasteiger partial charge in [0.15, 0.2) is 23.1 Å². The highest BCUT2D eigenvalue weighted by atomic mass is 19.2. The van der Waals surface area contributed by atoms with E-state index in [1.54, 1.807) is 7.11 Å². The maximum Gasteiger partial charge on any atom is 0.248 e. The van der Waals surface area contributed by atoms with Gasteiger partial charge in [0, 0.05) is 58.5 Å². The van der Waals surface area contributed by atoms with E-state index in [4.69, 9.17) is 18.9 Å². The second-order valence-corrected chi connectivity index (χ2v) is 10.5. The third-order valence-electron chi connectivity index (χ3n) is 6.89. The van der Waals surface area contributed by atoms with Crippen molar-refractivity contribution < 1.29 is 37.6 Å². The summed E-state index contributed by atoms with van der Waals surface area (Å²) in [4.78, 5) is 16.2. The zero-order valence-electron chi connectivity index (χ0n) is 24.2. The SMILES string of the molecule is COCC(=O)N1CCN(Cc2ccc(OC)c(OCCCn3cc(C)cn3)c2)C[C@@](O)(COc2ccc(F)c(F)c2)C1. The van der Waals surface area contributed by atoms with Crippen molar-refractivity contribution in [2.45, 2.75) is 32.0 Å². The maximum absolute atomic E-state index is 13.7. The summed E-state index contributed by atoms with van der Waals surface area (Å²) >= 11 is 0. The van der Waals surface area contributed by atoms with Gasteiger partial charge in [-0.3, -0.25) is 14.4 Å². The van der Waals surface area contributed by atoms with Crippen molar-refractivity contribution in [3.8, 4) is 17.2 Å². The van der Waals surface area contributed by atoms with Crippen LogP contribution in [0.3, 0.4) is 0 Å². The molecule has 12 heteroatoms. The Kier molecular flexibility index (Phi) is 10.7. The van der Waals surface area contributed by atoms with Crippen molar-refractivity contribution in [2.24, 2.45) is 0 Å². The van der Waals surface area contributed by atoms with Gasteiger partial charge >= 0.3 is 0 Å². The Morgan fingerprint density at radius 3 is 2.60 bits per heavy atom. The molecule has 228 valence electrons. The van der Waals surface area contributed by atoms with E-state index in [1.807, 2.05) is 47.1 Å². The molecule has 3 aromatic rings. The lowest BCUT2D eigenvalue weighted by molar-refractivity contribution is -0.138. The minimum Gasteiger partial charge on any atom is -0.493 e. The fraction of sp³-hybridized carbons (Fsp3) is 0.467. The predicted octanol–water partition coefficient (Wildman–Crippen LogP) is 3.05. The van der Waals surface area contributed by atoms with Crippen molar-refractivity contribution in [2.75, 3.05) is 60.2 Å². The van der Waals surface area contributed by atoms with Crippen LogP contribution in [0.15, 0.2) is 48.8 Å². The van der Waals surface area contributed by atoms with Crippen LogP contribution in [0.2, 0.25) is 0 Å². The minimum absolute atomic E-state index is 0.0118. The molecule has 0 aliphatic carbocycles. The molecular weight excluding hydrogens is 550 g/mol. The van der Waals surface area contributed by atoms with Gasteiger partial charge in [0.2, 0.25) is 5.91 Å². The number of aryl methyl sites for hydroxylation is 2. The van der Waals surface area contributed by atoms with Crippen LogP contribution in [0.5, 0.6) is 17.2 Å². The standard InChI is InChI=1S/C30H38F2N4O6/c1-22-15-33-36(16-22)9-4-12-41-28-13-23(5-8-27(28)40-3)17-34-10-11-35(29(37)18-39-2)20-30(38,19-34)21-42-24-6-7-25(31)26(32)14-24/h5-8,13-16,38H,4,9-12,17-21H2,1-3H3/t30-/m0/s1. The number of β-amino-alcohol motifs (C(OH)–C–C–N with tert-alkyl or cyclic N) is 1. The second kappa shape index (κ2) is 14.4. The molecule has 1 N–H and O–H groups in total. The highest BCUT2D eigenvalue weighted by Gasteiger charge is 2.37. The predicted molar refractivity (Wildman–Crippen MR) is 151 cm³/mol. The van der Waals surface area contributed by atoms with E-state index in [0.717, 1.165) is 36.2 Å². The van der Waals surface area contributed by atoms with Crippen LogP contribution in [0.1, 0.15) is 17.5 Å². The van der Waals surface area contributed by atoms with Gasteiger partial charge in [-0.25, -0.2) is 8.78 Å². The number of aromatic nitrogens is 2. The lowest BCUT2D eigenvalue weighted by Gasteiger charge is -2.33. The molecule has 4 rings (SSSR count). The molecule has 0 bridgehead atoms. The Balaban J connectivity index is 1.44. The number of nitrogens with zero attached hydrogens (tertiary/aromatic N) is 4. The van der Waals surface area contributed by atoms with Crippen LogP contribution in [-0.4, -0.2) is 96.4 Å². The van der Waals surface area contributed by atoms with Crippen LogP contribution >= 0.6 is 0 Å². The van der Waals surface area contributed by atoms with Gasteiger partial charge < -0.3 is 29.0 Å². The van der Waals surface area contributed by atoms with Gasteiger partial charge in [-0.2, -0.15) is 5.10 Å². The molecule has 1 amide bonds. The molecule has 0 radical (unpaired) electrons. The number of halogens is 2. The van der Waals surface area contributed by atoms with Crippen LogP contribution in [0.4, 0.5) is 8.78 Å². The molecule has 0 saturated carbocycles. The maximum atomic E-state index is 13.7. The lowest BCUT2D eigenvalue weighted by Crippen LogP contribution is -2.52. The average molecular weight is 589 g/mol. The number of aliphatic hydroxyl groups is 1. The summed E-state index contributed by atoms with van der Waals surface area (Å²) in [6, 6.07) is 8.85. The number of hydrogen-bond donors (Lipinski definition) is 1. The fourth-order valence-electron chi connectivity index (χ4n) is 4.87. The number of hydrogen-bond acceptors (Lipinski definition) is 8. The Hall–Kier alpha value is -3.74. The summed E-state index contributed by atoms with van der Waals surface area (Å²) in [7, 11) is 3.02. The summed E-state index contributed by atoms with van der Waals surface area (Å²) in [5.41, 5.74) is 0.531. The summed E-state index contributed by atoms with van der Waals surface area (Å²) in [6.45, 7) is 4.28. The quantitative estimate of drug-likeness (QED) is 0.305. The average Bonchev–Trinajstić information content (AvgIpc) is 3.30. The Bertz CT molecular complexity index is 1340. The van der Waals surface area contributed by atoms with Crippen LogP contribution in [-0.2, 0) is 22.6 Å². The summed E-state index contributed by atoms with van der Waals surface area (Å²) < 4.78 is 51.2. The third-order valence-corrected chi connectivity index (χ3v) is 6.89. The number of methoxy groups -OCH3 is 2. The molecule has 10 nitrogen and oxygen atoms in total. The Labute approximate surface area is 244 Å². The van der Waals surface area contributed by atoms with Gasteiger partial charge in [-0.1, -0.05) is 6.07 Å². The highest BCUT2D eigenvalue weighted by molar-refractivity contribution is 5.77. The first-order valence-corrected chi connectivity index (χ1v) is 13.8. The third kappa shape index (κ3) is 8.63. The van der Waals surface area contributed by atoms with Crippen LogP contribution < -0.4 is 14.2 Å². The van der Waals surface area contributed by atoms with E-state index in [-0.39, 0.29) is 38.0 Å². The van der Waals surface area contributed by atoms with Crippen molar-refractivity contribution >= 4 is 5.91 Å². The molecule has 0 unspecified atom stereocenters. The number of carbonyl (C=O) groups excluding carboxylic acids is 1. The van der Waals surface area contributed by atoms with E-state index >= 15 is 0 Å². The Morgan fingerprint density at radius 1 is 1.05 bits per heavy atom. The number of rotatable bonds is 13. The summed E-state index contributed by atoms with van der Waals surface area (Å²) in [5, 5.41) is 15.9. The molecule has 0 spiro atoms. The van der Waals surface area contributed by atoms with Crippen LogP contribution in [0.25, 0.3) is 0 Å². The molecule has 2 heterocycles. The van der Waals surface area contributed by atoms with Gasteiger partial charge in [0.1, 0.15) is 24.6 Å². The van der Waals surface area contributed by atoms with E-state index in [9.17, 15) is 18.7 Å². The van der Waals surface area contributed by atoms with E-state index in [0.29, 0.717) is 37.7 Å². The number of amides is 1. The van der Waals surface area contributed by atoms with Crippen molar-refractivity contribution in [1.82, 2.24) is 19.6 Å². The van der Waals surface area contributed by atoms with E-state index in [1.165, 1.54) is 18.1 Å². The summed E-state index contributed by atoms with van der Waals surface area (Å²) in [5.74, 6) is -1.02. The first-order valence-electron chi connectivity index (χ1n) is 13.8. The normalized spacial score (nSPS) is 17.6. The van der Waals surface area contributed by atoms with Gasteiger partial charge in [-0.15, -0.1) is 0 Å². The molecule has 1 aliphatic heterocycles. The zero-order valence-corrected chi connectivity index (χ0v) is 24.2. The van der Waals surface area contributed by atoms with Crippen molar-refractivity contribution in [3.63, 3.8) is 0 Å². The van der Waals surface area contributed by atoms with Gasteiger partial charge in [-0.05, 0) is 42.3 Å². The summed E-state index contributed by atoms with van der Waals surface area (Å²) in [6.07, 6.45) is 4.56. The highest BCUT2D eigenvalue weighted by Crippen LogP contribution is 2.29. The molecule has 1 aromatic heterocycles. The zero-order chi connectivity index (χ0) is 30.1. The molecule has 2 aromatic carbocycles. The monoisotopic (exact) mass is 588 g/mol. The number of benzene rings is 2. The first kappa shape index (κ1) is 31.2. The van der Waals surface area contributed by atoms with Crippen molar-refractivity contribution in [3.05, 3.63) is 71.6 Å². The number of ether oxygens (including phenoxy) is 4. The molecule has 1 atom stereocenters. The van der Waals surface area contributed by atoms with Crippen LogP contribution in [0, 0.1) is 18.6 Å². The smallest absolute Gasteiger partial charge is 0.248 e. The molecule has 1 aliphatic rings. The van der Waals surface area contributed by atoms with Crippen molar-refractivity contribution in [1.29, 1.82) is 0 Å². The molecule has 1 saturated heterocycles.